The minimum atomic E-state index is -0.503. The minimum absolute atomic E-state index is 0.305. The molecule has 1 aliphatic carbocycles. The molecule has 1 aromatic rings. The predicted octanol–water partition coefficient (Wildman–Crippen LogP) is 2.28. The van der Waals surface area contributed by atoms with Crippen LogP contribution in [0.2, 0.25) is 0 Å². The fourth-order valence-electron chi connectivity index (χ4n) is 2.58. The topological polar surface area (TPSA) is 50.7 Å². The number of hydrogen-bond donors (Lipinski definition) is 2. The summed E-state index contributed by atoms with van der Waals surface area (Å²) in [5.41, 5.74) is 1.16. The lowest BCUT2D eigenvalue weighted by molar-refractivity contribution is 0.0563. The summed E-state index contributed by atoms with van der Waals surface area (Å²) in [4.78, 5) is 0. The van der Waals surface area contributed by atoms with Crippen molar-refractivity contribution >= 4 is 0 Å². The molecule has 0 radical (unpaired) electrons. The molecule has 0 amide bonds. The van der Waals surface area contributed by atoms with Crippen LogP contribution < -0.4 is 10.1 Å². The fourth-order valence-corrected chi connectivity index (χ4v) is 2.58. The second kappa shape index (κ2) is 9.03. The van der Waals surface area contributed by atoms with Gasteiger partial charge >= 0.3 is 0 Å². The molecule has 0 heterocycles. The maximum Gasteiger partial charge on any atom is 0.119 e. The zero-order chi connectivity index (χ0) is 14.9. The van der Waals surface area contributed by atoms with E-state index in [4.69, 9.17) is 9.47 Å². The normalized spacial score (nSPS) is 17.0. The molecule has 1 aromatic carbocycles. The van der Waals surface area contributed by atoms with Gasteiger partial charge in [0, 0.05) is 13.1 Å². The zero-order valence-electron chi connectivity index (χ0n) is 12.9. The number of aliphatic hydroxyl groups is 1. The maximum absolute atomic E-state index is 9.86. The summed E-state index contributed by atoms with van der Waals surface area (Å²) in [5, 5.41) is 13.1. The quantitative estimate of drug-likeness (QED) is 0.686. The van der Waals surface area contributed by atoms with Crippen LogP contribution in [0.5, 0.6) is 5.75 Å². The van der Waals surface area contributed by atoms with Crippen molar-refractivity contribution in [3.05, 3.63) is 29.8 Å². The van der Waals surface area contributed by atoms with Crippen LogP contribution in [-0.4, -0.2) is 43.6 Å². The van der Waals surface area contributed by atoms with Crippen molar-refractivity contribution in [2.45, 2.75) is 44.8 Å². The molecule has 0 spiro atoms. The number of nitrogens with one attached hydrogen (secondary N) is 1. The van der Waals surface area contributed by atoms with Crippen molar-refractivity contribution in [2.24, 2.45) is 0 Å². The molecule has 4 heteroatoms. The van der Waals surface area contributed by atoms with Gasteiger partial charge in [-0.2, -0.15) is 0 Å². The largest absolute Gasteiger partial charge is 0.491 e. The molecule has 1 saturated carbocycles. The van der Waals surface area contributed by atoms with Gasteiger partial charge in [-0.1, -0.05) is 25.0 Å². The number of aliphatic hydroxyl groups excluding tert-OH is 1. The van der Waals surface area contributed by atoms with E-state index in [1.54, 1.807) is 0 Å². The highest BCUT2D eigenvalue weighted by atomic mass is 16.5. The van der Waals surface area contributed by atoms with E-state index < -0.39 is 6.10 Å². The van der Waals surface area contributed by atoms with Crippen LogP contribution in [-0.2, 0) is 4.74 Å². The van der Waals surface area contributed by atoms with Crippen molar-refractivity contribution in [1.82, 2.24) is 5.32 Å². The summed E-state index contributed by atoms with van der Waals surface area (Å²) in [7, 11) is 0. The summed E-state index contributed by atoms with van der Waals surface area (Å²) < 4.78 is 11.3. The van der Waals surface area contributed by atoms with Crippen molar-refractivity contribution in [3.8, 4) is 5.75 Å². The predicted molar refractivity (Wildman–Crippen MR) is 83.8 cm³/mol. The van der Waals surface area contributed by atoms with Gasteiger partial charge in [0.15, 0.2) is 0 Å². The van der Waals surface area contributed by atoms with Crippen LogP contribution in [0.1, 0.15) is 31.2 Å². The molecule has 2 rings (SSSR count). The standard InChI is InChI=1S/C17H27NO3/c1-14-5-4-8-17(11-14)21-13-15(19)12-18-9-10-20-16-6-2-3-7-16/h4-5,8,11,15-16,18-19H,2-3,6-7,9-10,12-13H2,1H3. The number of rotatable bonds is 9. The molecule has 1 atom stereocenters. The number of benzene rings is 1. The Kier molecular flexibility index (Phi) is 7.00. The lowest BCUT2D eigenvalue weighted by Crippen LogP contribution is -2.33. The van der Waals surface area contributed by atoms with Crippen LogP contribution in [0.25, 0.3) is 0 Å². The molecular formula is C17H27NO3. The first-order valence-corrected chi connectivity index (χ1v) is 7.94. The van der Waals surface area contributed by atoms with E-state index in [1.165, 1.54) is 25.7 Å². The Morgan fingerprint density at radius 3 is 2.90 bits per heavy atom. The van der Waals surface area contributed by atoms with Gasteiger partial charge in [0.25, 0.3) is 0 Å². The first-order chi connectivity index (χ1) is 10.2. The minimum Gasteiger partial charge on any atom is -0.491 e. The maximum atomic E-state index is 9.86. The summed E-state index contributed by atoms with van der Waals surface area (Å²) in [6.07, 6.45) is 4.96. The summed E-state index contributed by atoms with van der Waals surface area (Å²) in [6.45, 7) is 4.35. The van der Waals surface area contributed by atoms with Crippen molar-refractivity contribution in [2.75, 3.05) is 26.3 Å². The van der Waals surface area contributed by atoms with Gasteiger partial charge in [0.2, 0.25) is 0 Å². The van der Waals surface area contributed by atoms with E-state index in [1.807, 2.05) is 31.2 Å². The van der Waals surface area contributed by atoms with E-state index >= 15 is 0 Å². The van der Waals surface area contributed by atoms with Crippen LogP contribution in [0.4, 0.5) is 0 Å². The molecule has 21 heavy (non-hydrogen) atoms. The Hall–Kier alpha value is -1.10. The molecule has 1 aliphatic rings. The van der Waals surface area contributed by atoms with E-state index in [0.717, 1.165) is 24.5 Å². The molecule has 0 aromatic heterocycles. The Balaban J connectivity index is 1.50. The van der Waals surface area contributed by atoms with Crippen LogP contribution >= 0.6 is 0 Å². The number of aryl methyl sites for hydroxylation is 1. The second-order valence-corrected chi connectivity index (χ2v) is 5.76. The average molecular weight is 293 g/mol. The van der Waals surface area contributed by atoms with Gasteiger partial charge in [-0.05, 0) is 37.5 Å². The first kappa shape index (κ1) is 16.3. The zero-order valence-corrected chi connectivity index (χ0v) is 12.9. The molecule has 4 nitrogen and oxygen atoms in total. The van der Waals surface area contributed by atoms with Gasteiger partial charge in [0.1, 0.15) is 18.5 Å². The van der Waals surface area contributed by atoms with Crippen LogP contribution in [0.3, 0.4) is 0 Å². The molecular weight excluding hydrogens is 266 g/mol. The SMILES string of the molecule is Cc1cccc(OCC(O)CNCCOC2CCCC2)c1. The highest BCUT2D eigenvalue weighted by Crippen LogP contribution is 2.20. The molecule has 2 N–H and O–H groups in total. The van der Waals surface area contributed by atoms with E-state index in [2.05, 4.69) is 5.32 Å². The molecule has 1 unspecified atom stereocenters. The lowest BCUT2D eigenvalue weighted by Gasteiger charge is -2.15. The average Bonchev–Trinajstić information content (AvgIpc) is 2.98. The Bertz CT molecular complexity index is 405. The van der Waals surface area contributed by atoms with Gasteiger partial charge in [-0.25, -0.2) is 0 Å². The molecule has 1 fully saturated rings. The van der Waals surface area contributed by atoms with Crippen molar-refractivity contribution in [3.63, 3.8) is 0 Å². The second-order valence-electron chi connectivity index (χ2n) is 5.76. The summed E-state index contributed by atoms with van der Waals surface area (Å²) in [5.74, 6) is 0.804. The highest BCUT2D eigenvalue weighted by molar-refractivity contribution is 5.27. The molecule has 0 bridgehead atoms. The Labute approximate surface area is 127 Å². The third-order valence-electron chi connectivity index (χ3n) is 3.75. The van der Waals surface area contributed by atoms with E-state index in [9.17, 15) is 5.11 Å². The van der Waals surface area contributed by atoms with Crippen molar-refractivity contribution in [1.29, 1.82) is 0 Å². The highest BCUT2D eigenvalue weighted by Gasteiger charge is 2.14. The molecule has 0 aliphatic heterocycles. The third-order valence-corrected chi connectivity index (χ3v) is 3.75. The van der Waals surface area contributed by atoms with E-state index in [0.29, 0.717) is 19.3 Å². The Morgan fingerprint density at radius 1 is 1.33 bits per heavy atom. The number of ether oxygens (including phenoxy) is 2. The van der Waals surface area contributed by atoms with Crippen LogP contribution in [0, 0.1) is 6.92 Å². The summed E-state index contributed by atoms with van der Waals surface area (Å²) >= 11 is 0. The molecule has 0 saturated heterocycles. The van der Waals surface area contributed by atoms with Crippen molar-refractivity contribution < 1.29 is 14.6 Å². The van der Waals surface area contributed by atoms with Crippen LogP contribution in [0.15, 0.2) is 24.3 Å². The van der Waals surface area contributed by atoms with Gasteiger partial charge in [-0.15, -0.1) is 0 Å². The van der Waals surface area contributed by atoms with Gasteiger partial charge in [0.05, 0.1) is 12.7 Å². The fraction of sp³-hybridized carbons (Fsp3) is 0.647. The van der Waals surface area contributed by atoms with Gasteiger partial charge in [-0.3, -0.25) is 0 Å². The number of hydrogen-bond acceptors (Lipinski definition) is 4. The van der Waals surface area contributed by atoms with E-state index in [-0.39, 0.29) is 0 Å². The van der Waals surface area contributed by atoms with Gasteiger partial charge < -0.3 is 19.9 Å². The summed E-state index contributed by atoms with van der Waals surface area (Å²) in [6, 6.07) is 7.85. The molecule has 118 valence electrons. The lowest BCUT2D eigenvalue weighted by atomic mass is 10.2. The monoisotopic (exact) mass is 293 g/mol. The Morgan fingerprint density at radius 2 is 2.14 bits per heavy atom. The third kappa shape index (κ3) is 6.46. The first-order valence-electron chi connectivity index (χ1n) is 7.94. The smallest absolute Gasteiger partial charge is 0.119 e.